The molecule has 0 aliphatic carbocycles. The zero-order valence-electron chi connectivity index (χ0n) is 5.65. The summed E-state index contributed by atoms with van der Waals surface area (Å²) in [5.74, 6) is 0.477. The fourth-order valence-corrected chi connectivity index (χ4v) is 0.557. The molecule has 4 nitrogen and oxygen atoms in total. The minimum absolute atomic E-state index is 0.477. The van der Waals surface area contributed by atoms with Gasteiger partial charge in [-0.15, -0.1) is 5.10 Å². The molecule has 0 unspecified atom stereocenters. The number of aromatic nitrogens is 2. The Bertz CT molecular complexity index is 243. The molecule has 10 heavy (non-hydrogen) atoms. The fourth-order valence-electron chi connectivity index (χ4n) is 0.557. The van der Waals surface area contributed by atoms with Crippen molar-refractivity contribution in [2.45, 2.75) is 6.92 Å². The number of nitrogens with zero attached hydrogens (tertiary/aromatic N) is 3. The van der Waals surface area contributed by atoms with Gasteiger partial charge in [0.1, 0.15) is 0 Å². The maximum absolute atomic E-state index is 5.49. The Morgan fingerprint density at radius 1 is 1.70 bits per heavy atom. The van der Waals surface area contributed by atoms with Crippen LogP contribution in [-0.2, 0) is 0 Å². The summed E-state index contributed by atoms with van der Waals surface area (Å²) in [7, 11) is 0. The molecule has 0 fully saturated rings. The normalized spacial score (nSPS) is 10.5. The molecule has 0 atom stereocenters. The summed E-state index contributed by atoms with van der Waals surface area (Å²) in [5.41, 5.74) is 6.04. The van der Waals surface area contributed by atoms with E-state index >= 15 is 0 Å². The Morgan fingerprint density at radius 3 is 3.10 bits per heavy atom. The monoisotopic (exact) mass is 136 g/mol. The molecule has 1 aromatic rings. The smallest absolute Gasteiger partial charge is 0.197 e. The molecular weight excluding hydrogens is 128 g/mol. The lowest BCUT2D eigenvalue weighted by Gasteiger charge is -1.93. The van der Waals surface area contributed by atoms with Crippen molar-refractivity contribution in [2.24, 2.45) is 4.99 Å². The van der Waals surface area contributed by atoms with Crippen LogP contribution < -0.4 is 5.73 Å². The van der Waals surface area contributed by atoms with Gasteiger partial charge in [-0.05, 0) is 13.0 Å². The molecule has 1 heterocycles. The van der Waals surface area contributed by atoms with E-state index in [4.69, 9.17) is 5.73 Å². The Balaban J connectivity index is 3.03. The number of nitrogens with two attached hydrogens (primary N) is 1. The summed E-state index contributed by atoms with van der Waals surface area (Å²) in [6.45, 7) is 1.80. The third kappa shape index (κ3) is 1.28. The van der Waals surface area contributed by atoms with Crippen LogP contribution in [0.15, 0.2) is 17.3 Å². The zero-order valence-corrected chi connectivity index (χ0v) is 5.65. The van der Waals surface area contributed by atoms with E-state index in [1.807, 2.05) is 0 Å². The number of nitrogen functional groups attached to an aromatic ring is 1. The molecule has 52 valence electrons. The highest BCUT2D eigenvalue weighted by Crippen LogP contribution is 2.14. The highest BCUT2D eigenvalue weighted by atomic mass is 15.1. The Kier molecular flexibility index (Phi) is 1.94. The van der Waals surface area contributed by atoms with Crippen molar-refractivity contribution in [3.63, 3.8) is 0 Å². The Morgan fingerprint density at radius 2 is 2.50 bits per heavy atom. The summed E-state index contributed by atoms with van der Waals surface area (Å²) in [5, 5.41) is 7.32. The largest absolute Gasteiger partial charge is 0.396 e. The van der Waals surface area contributed by atoms with Crippen LogP contribution in [0.1, 0.15) is 6.92 Å². The van der Waals surface area contributed by atoms with Crippen LogP contribution in [-0.4, -0.2) is 16.4 Å². The Labute approximate surface area is 58.8 Å². The SMILES string of the molecule is C/C=N/c1nnccc1N. The molecule has 0 aliphatic heterocycles. The first kappa shape index (κ1) is 6.67. The molecule has 0 saturated heterocycles. The van der Waals surface area contributed by atoms with Gasteiger partial charge in [0.2, 0.25) is 0 Å². The van der Waals surface area contributed by atoms with Crippen molar-refractivity contribution in [3.8, 4) is 0 Å². The third-order valence-electron chi connectivity index (χ3n) is 0.983. The lowest BCUT2D eigenvalue weighted by molar-refractivity contribution is 1.03. The fraction of sp³-hybridized carbons (Fsp3) is 0.167. The van der Waals surface area contributed by atoms with E-state index in [9.17, 15) is 0 Å². The summed E-state index contributed by atoms with van der Waals surface area (Å²) < 4.78 is 0. The van der Waals surface area contributed by atoms with Gasteiger partial charge in [-0.3, -0.25) is 0 Å². The summed E-state index contributed by atoms with van der Waals surface area (Å²) in [6.07, 6.45) is 3.16. The molecule has 0 amide bonds. The maximum atomic E-state index is 5.49. The number of rotatable bonds is 1. The van der Waals surface area contributed by atoms with Crippen LogP contribution in [0.2, 0.25) is 0 Å². The van der Waals surface area contributed by atoms with Crippen molar-refractivity contribution in [1.29, 1.82) is 0 Å². The average molecular weight is 136 g/mol. The van der Waals surface area contributed by atoms with E-state index in [1.54, 1.807) is 19.2 Å². The van der Waals surface area contributed by atoms with Crippen molar-refractivity contribution in [2.75, 3.05) is 5.73 Å². The average Bonchev–Trinajstić information content (AvgIpc) is 1.94. The predicted octanol–water partition coefficient (Wildman–Crippen LogP) is 0.781. The number of hydrogen-bond donors (Lipinski definition) is 1. The van der Waals surface area contributed by atoms with E-state index in [1.165, 1.54) is 6.20 Å². The van der Waals surface area contributed by atoms with Gasteiger partial charge < -0.3 is 5.73 Å². The summed E-state index contributed by atoms with van der Waals surface area (Å²) in [4.78, 5) is 3.88. The topological polar surface area (TPSA) is 64.2 Å². The van der Waals surface area contributed by atoms with E-state index in [-0.39, 0.29) is 0 Å². The van der Waals surface area contributed by atoms with Gasteiger partial charge in [0.15, 0.2) is 5.82 Å². The molecule has 1 aromatic heterocycles. The standard InChI is InChI=1S/C6H8N4/c1-2-8-6-5(7)3-4-9-10-6/h2-4H,1H3,(H2,7,9)/b8-2+. The van der Waals surface area contributed by atoms with Crippen LogP contribution in [0.4, 0.5) is 11.5 Å². The summed E-state index contributed by atoms with van der Waals surface area (Å²) in [6, 6.07) is 1.66. The van der Waals surface area contributed by atoms with Crippen LogP contribution in [0.5, 0.6) is 0 Å². The molecule has 1 rings (SSSR count). The number of aliphatic imine (C=N–C) groups is 1. The molecule has 0 radical (unpaired) electrons. The van der Waals surface area contributed by atoms with Crippen molar-refractivity contribution >= 4 is 17.7 Å². The van der Waals surface area contributed by atoms with E-state index in [2.05, 4.69) is 15.2 Å². The lowest BCUT2D eigenvalue weighted by atomic mass is 10.4. The second-order valence-electron chi connectivity index (χ2n) is 1.70. The molecule has 0 aromatic carbocycles. The molecule has 0 spiro atoms. The summed E-state index contributed by atoms with van der Waals surface area (Å²) >= 11 is 0. The van der Waals surface area contributed by atoms with Gasteiger partial charge in [-0.1, -0.05) is 0 Å². The lowest BCUT2D eigenvalue weighted by Crippen LogP contribution is -1.89. The first-order valence-electron chi connectivity index (χ1n) is 2.90. The third-order valence-corrected chi connectivity index (χ3v) is 0.983. The molecule has 2 N–H and O–H groups in total. The Hall–Kier alpha value is -1.45. The van der Waals surface area contributed by atoms with Crippen molar-refractivity contribution in [3.05, 3.63) is 12.3 Å². The van der Waals surface area contributed by atoms with Gasteiger partial charge in [-0.2, -0.15) is 5.10 Å². The first-order chi connectivity index (χ1) is 4.84. The number of hydrogen-bond acceptors (Lipinski definition) is 4. The minimum Gasteiger partial charge on any atom is -0.396 e. The molecule has 0 saturated carbocycles. The molecular formula is C6H8N4. The molecule has 0 aliphatic rings. The maximum Gasteiger partial charge on any atom is 0.197 e. The second kappa shape index (κ2) is 2.91. The van der Waals surface area contributed by atoms with E-state index < -0.39 is 0 Å². The highest BCUT2D eigenvalue weighted by Gasteiger charge is 1.93. The van der Waals surface area contributed by atoms with Crippen LogP contribution in [0.3, 0.4) is 0 Å². The van der Waals surface area contributed by atoms with Crippen LogP contribution in [0.25, 0.3) is 0 Å². The van der Waals surface area contributed by atoms with E-state index in [0.717, 1.165) is 0 Å². The van der Waals surface area contributed by atoms with Gasteiger partial charge in [0, 0.05) is 6.21 Å². The van der Waals surface area contributed by atoms with Gasteiger partial charge in [0.25, 0.3) is 0 Å². The van der Waals surface area contributed by atoms with Gasteiger partial charge in [-0.25, -0.2) is 4.99 Å². The quantitative estimate of drug-likeness (QED) is 0.580. The van der Waals surface area contributed by atoms with Crippen LogP contribution >= 0.6 is 0 Å². The van der Waals surface area contributed by atoms with Gasteiger partial charge >= 0.3 is 0 Å². The van der Waals surface area contributed by atoms with E-state index in [0.29, 0.717) is 11.5 Å². The second-order valence-corrected chi connectivity index (χ2v) is 1.70. The molecule has 4 heteroatoms. The van der Waals surface area contributed by atoms with Crippen molar-refractivity contribution in [1.82, 2.24) is 10.2 Å². The van der Waals surface area contributed by atoms with Gasteiger partial charge in [0.05, 0.1) is 11.9 Å². The predicted molar refractivity (Wildman–Crippen MR) is 40.3 cm³/mol. The minimum atomic E-state index is 0.477. The number of anilines is 1. The highest BCUT2D eigenvalue weighted by molar-refractivity contribution is 5.65. The first-order valence-corrected chi connectivity index (χ1v) is 2.90. The zero-order chi connectivity index (χ0) is 7.40. The molecule has 0 bridgehead atoms. The van der Waals surface area contributed by atoms with Crippen molar-refractivity contribution < 1.29 is 0 Å². The van der Waals surface area contributed by atoms with Crippen LogP contribution in [0, 0.1) is 0 Å².